The lowest BCUT2D eigenvalue weighted by atomic mass is 10.3. The number of aliphatic hydroxyl groups excluding tert-OH is 1. The largest absolute Gasteiger partial charge is 0.374 e. The Morgan fingerprint density at radius 3 is 2.60 bits per heavy atom. The molecule has 1 amide bonds. The predicted octanol–water partition coefficient (Wildman–Crippen LogP) is 0.407. The molecule has 0 aromatic heterocycles. The minimum Gasteiger partial charge on any atom is -0.374 e. The Balaban J connectivity index is 3.68. The van der Waals surface area contributed by atoms with E-state index in [0.29, 0.717) is 12.0 Å². The molecule has 3 heteroatoms. The van der Waals surface area contributed by atoms with Gasteiger partial charge in [0.25, 0.3) is 0 Å². The zero-order valence-corrected chi connectivity index (χ0v) is 6.35. The van der Waals surface area contributed by atoms with Crippen LogP contribution in [0.4, 0.5) is 0 Å². The minimum atomic E-state index is -0.746. The van der Waals surface area contributed by atoms with E-state index < -0.39 is 6.23 Å². The molecule has 2 N–H and O–H groups in total. The van der Waals surface area contributed by atoms with E-state index in [1.165, 1.54) is 0 Å². The van der Waals surface area contributed by atoms with Crippen molar-refractivity contribution in [1.29, 1.82) is 0 Å². The summed E-state index contributed by atoms with van der Waals surface area (Å²) in [7, 11) is 0. The summed E-state index contributed by atoms with van der Waals surface area (Å²) in [5.74, 6) is -0.297. The molecular formula is C7H13NO2. The van der Waals surface area contributed by atoms with Crippen LogP contribution in [0.2, 0.25) is 0 Å². The predicted molar refractivity (Wildman–Crippen MR) is 39.3 cm³/mol. The monoisotopic (exact) mass is 143 g/mol. The lowest BCUT2D eigenvalue weighted by Crippen LogP contribution is -2.34. The first-order valence-corrected chi connectivity index (χ1v) is 3.22. The lowest BCUT2D eigenvalue weighted by Gasteiger charge is -2.09. The van der Waals surface area contributed by atoms with Crippen LogP contribution in [0, 0.1) is 0 Å². The van der Waals surface area contributed by atoms with Crippen LogP contribution in [0.1, 0.15) is 20.3 Å². The Kier molecular flexibility index (Phi) is 3.72. The van der Waals surface area contributed by atoms with Gasteiger partial charge < -0.3 is 10.4 Å². The van der Waals surface area contributed by atoms with Crippen LogP contribution in [0.25, 0.3) is 0 Å². The molecule has 0 bridgehead atoms. The molecule has 0 rings (SSSR count). The number of hydrogen-bond acceptors (Lipinski definition) is 2. The number of rotatable bonds is 3. The molecule has 10 heavy (non-hydrogen) atoms. The average Bonchev–Trinajstić information content (AvgIpc) is 1.87. The highest BCUT2D eigenvalue weighted by Crippen LogP contribution is 1.89. The fourth-order valence-corrected chi connectivity index (χ4v) is 0.377. The molecule has 0 aliphatic heterocycles. The Bertz CT molecular complexity index is 143. The third kappa shape index (κ3) is 3.25. The van der Waals surface area contributed by atoms with Crippen LogP contribution in [-0.2, 0) is 4.79 Å². The summed E-state index contributed by atoms with van der Waals surface area (Å²) in [5.41, 5.74) is 0.410. The number of carbonyl (C=O) groups excluding carboxylic acids is 1. The Morgan fingerprint density at radius 2 is 2.30 bits per heavy atom. The zero-order chi connectivity index (χ0) is 8.15. The van der Waals surface area contributed by atoms with Gasteiger partial charge in [-0.3, -0.25) is 4.79 Å². The van der Waals surface area contributed by atoms with E-state index in [-0.39, 0.29) is 5.91 Å². The topological polar surface area (TPSA) is 49.3 Å². The van der Waals surface area contributed by atoms with Gasteiger partial charge in [0.05, 0.1) is 0 Å². The number of carbonyl (C=O) groups is 1. The second kappa shape index (κ2) is 4.06. The van der Waals surface area contributed by atoms with Gasteiger partial charge in [0, 0.05) is 5.57 Å². The maximum Gasteiger partial charge on any atom is 0.248 e. The number of hydrogen-bond donors (Lipinski definition) is 2. The van der Waals surface area contributed by atoms with E-state index in [9.17, 15) is 4.79 Å². The van der Waals surface area contributed by atoms with Gasteiger partial charge in [0.1, 0.15) is 6.23 Å². The molecule has 58 valence electrons. The highest BCUT2D eigenvalue weighted by Gasteiger charge is 2.05. The standard InChI is InChI=1S/C7H13NO2/c1-4-6(9)8-7(10)5(2)3/h6,9H,2,4H2,1,3H3,(H,8,10)/t6-/m1/s1. The van der Waals surface area contributed by atoms with Gasteiger partial charge in [0.15, 0.2) is 0 Å². The fourth-order valence-electron chi connectivity index (χ4n) is 0.377. The van der Waals surface area contributed by atoms with E-state index >= 15 is 0 Å². The van der Waals surface area contributed by atoms with E-state index in [1.54, 1.807) is 13.8 Å². The van der Waals surface area contributed by atoms with Crippen LogP contribution in [0.3, 0.4) is 0 Å². The third-order valence-corrected chi connectivity index (χ3v) is 1.07. The summed E-state index contributed by atoms with van der Waals surface area (Å²) < 4.78 is 0. The second-order valence-electron chi connectivity index (χ2n) is 2.18. The van der Waals surface area contributed by atoms with E-state index in [4.69, 9.17) is 5.11 Å². The van der Waals surface area contributed by atoms with Gasteiger partial charge in [-0.2, -0.15) is 0 Å². The summed E-state index contributed by atoms with van der Waals surface area (Å²) in [5, 5.41) is 11.3. The minimum absolute atomic E-state index is 0.297. The highest BCUT2D eigenvalue weighted by molar-refractivity contribution is 5.92. The summed E-state index contributed by atoms with van der Waals surface area (Å²) in [6.45, 7) is 6.80. The summed E-state index contributed by atoms with van der Waals surface area (Å²) in [6, 6.07) is 0. The summed E-state index contributed by atoms with van der Waals surface area (Å²) >= 11 is 0. The van der Waals surface area contributed by atoms with Crippen LogP contribution in [-0.4, -0.2) is 17.2 Å². The smallest absolute Gasteiger partial charge is 0.248 e. The first kappa shape index (κ1) is 9.17. The summed E-state index contributed by atoms with van der Waals surface area (Å²) in [6.07, 6.45) is -0.233. The molecule has 0 fully saturated rings. The second-order valence-corrected chi connectivity index (χ2v) is 2.18. The molecule has 3 nitrogen and oxygen atoms in total. The average molecular weight is 143 g/mol. The normalized spacial score (nSPS) is 12.3. The molecule has 0 radical (unpaired) electrons. The van der Waals surface area contributed by atoms with Crippen molar-refractivity contribution in [1.82, 2.24) is 5.32 Å². The van der Waals surface area contributed by atoms with Crippen LogP contribution >= 0.6 is 0 Å². The van der Waals surface area contributed by atoms with Gasteiger partial charge in [-0.25, -0.2) is 0 Å². The van der Waals surface area contributed by atoms with Crippen LogP contribution in [0.15, 0.2) is 12.2 Å². The number of nitrogens with one attached hydrogen (secondary N) is 1. The van der Waals surface area contributed by atoms with Crippen molar-refractivity contribution >= 4 is 5.91 Å². The van der Waals surface area contributed by atoms with Crippen molar-refractivity contribution in [2.75, 3.05) is 0 Å². The van der Waals surface area contributed by atoms with E-state index in [2.05, 4.69) is 11.9 Å². The highest BCUT2D eigenvalue weighted by atomic mass is 16.3. The van der Waals surface area contributed by atoms with E-state index in [0.717, 1.165) is 0 Å². The van der Waals surface area contributed by atoms with Crippen molar-refractivity contribution in [3.63, 3.8) is 0 Å². The van der Waals surface area contributed by atoms with Crippen molar-refractivity contribution in [3.05, 3.63) is 12.2 Å². The molecule has 0 saturated carbocycles. The molecule has 0 aliphatic rings. The molecule has 0 unspecified atom stereocenters. The molecule has 0 spiro atoms. The Labute approximate surface area is 60.7 Å². The first-order valence-electron chi connectivity index (χ1n) is 3.22. The quantitative estimate of drug-likeness (QED) is 0.444. The summed E-state index contributed by atoms with van der Waals surface area (Å²) in [4.78, 5) is 10.7. The van der Waals surface area contributed by atoms with Crippen molar-refractivity contribution < 1.29 is 9.90 Å². The van der Waals surface area contributed by atoms with Crippen molar-refractivity contribution in [2.24, 2.45) is 0 Å². The molecule has 0 aromatic carbocycles. The van der Waals surface area contributed by atoms with Crippen molar-refractivity contribution in [2.45, 2.75) is 26.5 Å². The molecule has 1 atom stereocenters. The van der Waals surface area contributed by atoms with Crippen LogP contribution < -0.4 is 5.32 Å². The van der Waals surface area contributed by atoms with Gasteiger partial charge in [0.2, 0.25) is 5.91 Å². The lowest BCUT2D eigenvalue weighted by molar-refractivity contribution is -0.120. The first-order chi connectivity index (χ1) is 4.57. The maximum atomic E-state index is 10.7. The van der Waals surface area contributed by atoms with Gasteiger partial charge >= 0.3 is 0 Å². The Morgan fingerprint density at radius 1 is 1.80 bits per heavy atom. The SMILES string of the molecule is C=C(C)C(=O)N[C@H](O)CC. The number of amides is 1. The maximum absolute atomic E-state index is 10.7. The molecular weight excluding hydrogens is 130 g/mol. The molecule has 0 saturated heterocycles. The number of aliphatic hydroxyl groups is 1. The Hall–Kier alpha value is -0.830. The molecule has 0 aliphatic carbocycles. The van der Waals surface area contributed by atoms with Crippen LogP contribution in [0.5, 0.6) is 0 Å². The molecule has 0 heterocycles. The van der Waals surface area contributed by atoms with Gasteiger partial charge in [-0.05, 0) is 13.3 Å². The van der Waals surface area contributed by atoms with E-state index in [1.807, 2.05) is 0 Å². The fraction of sp³-hybridized carbons (Fsp3) is 0.571. The van der Waals surface area contributed by atoms with Gasteiger partial charge in [-0.15, -0.1) is 0 Å². The van der Waals surface area contributed by atoms with Gasteiger partial charge in [-0.1, -0.05) is 13.5 Å². The molecule has 0 aromatic rings. The van der Waals surface area contributed by atoms with Crippen molar-refractivity contribution in [3.8, 4) is 0 Å². The zero-order valence-electron chi connectivity index (χ0n) is 6.35. The third-order valence-electron chi connectivity index (χ3n) is 1.07.